The van der Waals surface area contributed by atoms with E-state index in [1.54, 1.807) is 20.3 Å². The fourth-order valence-corrected chi connectivity index (χ4v) is 3.45. The third-order valence-electron chi connectivity index (χ3n) is 4.64. The summed E-state index contributed by atoms with van der Waals surface area (Å²) in [6.07, 6.45) is 2.35. The van der Waals surface area contributed by atoms with E-state index in [-0.39, 0.29) is 5.97 Å². The number of thiocarbonyl (C=S) groups is 1. The van der Waals surface area contributed by atoms with E-state index >= 15 is 0 Å². The first kappa shape index (κ1) is 21.2. The van der Waals surface area contributed by atoms with E-state index < -0.39 is 6.10 Å². The number of benzene rings is 1. The van der Waals surface area contributed by atoms with Gasteiger partial charge in [-0.1, -0.05) is 6.42 Å². The van der Waals surface area contributed by atoms with Crippen molar-refractivity contribution in [3.63, 3.8) is 0 Å². The van der Waals surface area contributed by atoms with E-state index in [2.05, 4.69) is 10.1 Å². The summed E-state index contributed by atoms with van der Waals surface area (Å²) in [6, 6.07) is 3.65. The maximum absolute atomic E-state index is 11.1. The zero-order chi connectivity index (χ0) is 19.8. The lowest BCUT2D eigenvalue weighted by molar-refractivity contribution is -0.140. The molecule has 0 amide bonds. The highest BCUT2D eigenvalue weighted by Gasteiger charge is 2.30. The molecule has 0 saturated carbocycles. The van der Waals surface area contributed by atoms with Gasteiger partial charge in [0.25, 0.3) is 0 Å². The second-order valence-electron chi connectivity index (χ2n) is 6.38. The SMILES string of the molecule is COC(=O)CCCCCNC(=S)N1Cc2c(OC)ccc(OC)c2[C@@H](O)C1. The summed E-state index contributed by atoms with van der Waals surface area (Å²) in [6.45, 7) is 1.65. The Bertz CT molecular complexity index is 668. The summed E-state index contributed by atoms with van der Waals surface area (Å²) in [7, 11) is 4.60. The van der Waals surface area contributed by atoms with Crippen molar-refractivity contribution in [3.05, 3.63) is 23.3 Å². The number of fused-ring (bicyclic) bond motifs is 1. The molecule has 0 fully saturated rings. The smallest absolute Gasteiger partial charge is 0.305 e. The Balaban J connectivity index is 1.90. The number of rotatable bonds is 8. The van der Waals surface area contributed by atoms with E-state index in [1.807, 2.05) is 11.0 Å². The van der Waals surface area contributed by atoms with Crippen LogP contribution in [0.25, 0.3) is 0 Å². The number of hydrogen-bond acceptors (Lipinski definition) is 6. The minimum atomic E-state index is -0.710. The van der Waals surface area contributed by atoms with Gasteiger partial charge in [-0.25, -0.2) is 0 Å². The maximum atomic E-state index is 11.1. The minimum absolute atomic E-state index is 0.177. The van der Waals surface area contributed by atoms with E-state index in [1.165, 1.54) is 7.11 Å². The molecule has 150 valence electrons. The number of esters is 1. The normalized spacial score (nSPS) is 15.7. The number of carbonyl (C=O) groups excluding carboxylic acids is 1. The Morgan fingerprint density at radius 3 is 2.59 bits per heavy atom. The largest absolute Gasteiger partial charge is 0.496 e. The van der Waals surface area contributed by atoms with Gasteiger partial charge in [-0.05, 0) is 37.2 Å². The molecule has 27 heavy (non-hydrogen) atoms. The van der Waals surface area contributed by atoms with Crippen LogP contribution in [0, 0.1) is 0 Å². The summed E-state index contributed by atoms with van der Waals surface area (Å²) in [5.74, 6) is 1.19. The number of hydrogen-bond donors (Lipinski definition) is 2. The fourth-order valence-electron chi connectivity index (χ4n) is 3.21. The molecule has 1 aromatic carbocycles. The fraction of sp³-hybridized carbons (Fsp3) is 0.579. The first-order valence-corrected chi connectivity index (χ1v) is 9.44. The lowest BCUT2D eigenvalue weighted by atomic mass is 9.95. The predicted molar refractivity (Wildman–Crippen MR) is 106 cm³/mol. The number of carbonyl (C=O) groups is 1. The highest BCUT2D eigenvalue weighted by atomic mass is 32.1. The number of aliphatic hydroxyl groups excluding tert-OH is 1. The van der Waals surface area contributed by atoms with Gasteiger partial charge in [-0.3, -0.25) is 4.79 Å². The van der Waals surface area contributed by atoms with Gasteiger partial charge in [-0.15, -0.1) is 0 Å². The average molecular weight is 397 g/mol. The van der Waals surface area contributed by atoms with Crippen LogP contribution in [-0.2, 0) is 16.1 Å². The van der Waals surface area contributed by atoms with Crippen molar-refractivity contribution in [2.45, 2.75) is 38.3 Å². The lowest BCUT2D eigenvalue weighted by Gasteiger charge is -2.35. The molecular weight excluding hydrogens is 368 g/mol. The molecule has 0 radical (unpaired) electrons. The van der Waals surface area contributed by atoms with Crippen LogP contribution in [0.2, 0.25) is 0 Å². The van der Waals surface area contributed by atoms with Gasteiger partial charge >= 0.3 is 5.97 Å². The van der Waals surface area contributed by atoms with Crippen molar-refractivity contribution in [3.8, 4) is 11.5 Å². The van der Waals surface area contributed by atoms with E-state index in [4.69, 9.17) is 21.7 Å². The quantitative estimate of drug-likeness (QED) is 0.393. The maximum Gasteiger partial charge on any atom is 0.305 e. The zero-order valence-electron chi connectivity index (χ0n) is 16.1. The van der Waals surface area contributed by atoms with Crippen LogP contribution in [-0.4, -0.2) is 55.5 Å². The Labute approximate surface area is 165 Å². The Hall–Kier alpha value is -2.06. The Morgan fingerprint density at radius 1 is 1.22 bits per heavy atom. The van der Waals surface area contributed by atoms with Crippen molar-refractivity contribution in [1.82, 2.24) is 10.2 Å². The number of nitrogens with zero attached hydrogens (tertiary/aromatic N) is 1. The summed E-state index contributed by atoms with van der Waals surface area (Å²) in [5.41, 5.74) is 1.65. The van der Waals surface area contributed by atoms with Crippen LogP contribution >= 0.6 is 12.2 Å². The average Bonchev–Trinajstić information content (AvgIpc) is 2.68. The van der Waals surface area contributed by atoms with Gasteiger partial charge in [0.05, 0.1) is 27.9 Å². The van der Waals surface area contributed by atoms with Gasteiger partial charge < -0.3 is 29.5 Å². The van der Waals surface area contributed by atoms with Gasteiger partial charge in [0.15, 0.2) is 5.11 Å². The van der Waals surface area contributed by atoms with Crippen molar-refractivity contribution in [1.29, 1.82) is 0 Å². The summed E-state index contributed by atoms with van der Waals surface area (Å²) in [4.78, 5) is 13.0. The number of methoxy groups -OCH3 is 3. The molecule has 1 atom stereocenters. The molecule has 7 nitrogen and oxygen atoms in total. The third-order valence-corrected chi connectivity index (χ3v) is 5.04. The first-order valence-electron chi connectivity index (χ1n) is 9.03. The Morgan fingerprint density at radius 2 is 1.93 bits per heavy atom. The molecule has 0 bridgehead atoms. The molecule has 0 spiro atoms. The number of unbranched alkanes of at least 4 members (excludes halogenated alkanes) is 2. The standard InChI is InChI=1S/C19H28N2O5S/c1-24-15-8-9-16(25-2)18-13(15)11-21(12-14(18)22)19(27)20-10-6-4-5-7-17(23)26-3/h8-9,14,22H,4-7,10-12H2,1-3H3,(H,20,27)/t14-/m0/s1. The molecule has 1 aromatic rings. The molecule has 0 aliphatic carbocycles. The van der Waals surface area contributed by atoms with Crippen molar-refractivity contribution < 1.29 is 24.1 Å². The van der Waals surface area contributed by atoms with E-state index in [0.717, 1.165) is 30.4 Å². The van der Waals surface area contributed by atoms with E-state index in [9.17, 15) is 9.90 Å². The summed E-state index contributed by atoms with van der Waals surface area (Å²) in [5, 5.41) is 14.4. The summed E-state index contributed by atoms with van der Waals surface area (Å²) >= 11 is 5.49. The highest BCUT2D eigenvalue weighted by Crippen LogP contribution is 2.39. The van der Waals surface area contributed by atoms with Crippen LogP contribution in [0.5, 0.6) is 11.5 Å². The van der Waals surface area contributed by atoms with Gasteiger partial charge in [0.1, 0.15) is 17.6 Å². The molecule has 1 aliphatic heterocycles. The van der Waals surface area contributed by atoms with Crippen LogP contribution in [0.1, 0.15) is 42.9 Å². The molecule has 8 heteroatoms. The second-order valence-corrected chi connectivity index (χ2v) is 6.76. The van der Waals surface area contributed by atoms with E-state index in [0.29, 0.717) is 42.7 Å². The summed E-state index contributed by atoms with van der Waals surface area (Å²) < 4.78 is 15.5. The first-order chi connectivity index (χ1) is 13.0. The minimum Gasteiger partial charge on any atom is -0.496 e. The number of aliphatic hydroxyl groups is 1. The van der Waals surface area contributed by atoms with Crippen LogP contribution in [0.3, 0.4) is 0 Å². The Kier molecular flexibility index (Phi) is 8.12. The van der Waals surface area contributed by atoms with Gasteiger partial charge in [0, 0.05) is 30.6 Å². The third kappa shape index (κ3) is 5.46. The predicted octanol–water partition coefficient (Wildman–Crippen LogP) is 2.16. The van der Waals surface area contributed by atoms with Crippen LogP contribution in [0.15, 0.2) is 12.1 Å². The molecule has 0 unspecified atom stereocenters. The molecule has 0 saturated heterocycles. The lowest BCUT2D eigenvalue weighted by Crippen LogP contribution is -2.44. The molecule has 1 aliphatic rings. The highest BCUT2D eigenvalue weighted by molar-refractivity contribution is 7.80. The zero-order valence-corrected chi connectivity index (χ0v) is 16.9. The second kappa shape index (κ2) is 10.3. The molecule has 1 heterocycles. The molecule has 0 aromatic heterocycles. The number of nitrogens with one attached hydrogen (secondary N) is 1. The van der Waals surface area contributed by atoms with Crippen molar-refractivity contribution >= 4 is 23.3 Å². The monoisotopic (exact) mass is 396 g/mol. The number of β-amino-alcohol motifs (C(OH)–C–C–N with tert-alkyl or cyclic N) is 1. The molecule has 2 N–H and O–H groups in total. The van der Waals surface area contributed by atoms with Crippen molar-refractivity contribution in [2.24, 2.45) is 0 Å². The number of ether oxygens (including phenoxy) is 3. The molecular formula is C19H28N2O5S. The topological polar surface area (TPSA) is 80.3 Å². The van der Waals surface area contributed by atoms with Gasteiger partial charge in [-0.2, -0.15) is 0 Å². The molecule has 2 rings (SSSR count). The van der Waals surface area contributed by atoms with Crippen LogP contribution in [0.4, 0.5) is 0 Å². The van der Waals surface area contributed by atoms with Crippen LogP contribution < -0.4 is 14.8 Å². The van der Waals surface area contributed by atoms with Gasteiger partial charge in [0.2, 0.25) is 0 Å². The van der Waals surface area contributed by atoms with Crippen molar-refractivity contribution in [2.75, 3.05) is 34.4 Å².